The average Bonchev–Trinajstić information content (AvgIpc) is 3.07. The molecule has 1 unspecified atom stereocenters. The van der Waals surface area contributed by atoms with Crippen molar-refractivity contribution in [3.8, 4) is 0 Å². The molecule has 1 fully saturated rings. The zero-order chi connectivity index (χ0) is 12.0. The Morgan fingerprint density at radius 3 is 3.00 bits per heavy atom. The van der Waals surface area contributed by atoms with Crippen LogP contribution in [0.3, 0.4) is 0 Å². The Balaban J connectivity index is 2.02. The fourth-order valence-corrected chi connectivity index (χ4v) is 1.80. The molecule has 1 atom stereocenters. The van der Waals surface area contributed by atoms with Crippen LogP contribution in [-0.4, -0.2) is 26.0 Å². The van der Waals surface area contributed by atoms with Gasteiger partial charge in [-0.3, -0.25) is 4.79 Å². The summed E-state index contributed by atoms with van der Waals surface area (Å²) in [6.07, 6.45) is 3.78. The molecular formula is C11H12N4O2. The number of carboxylic acid groups (broad SMARTS) is 1. The summed E-state index contributed by atoms with van der Waals surface area (Å²) in [5, 5.41) is 8.83. The summed E-state index contributed by atoms with van der Waals surface area (Å²) in [5.74, 6) is 0.391. The summed E-state index contributed by atoms with van der Waals surface area (Å²) in [6.45, 7) is 0. The van der Waals surface area contributed by atoms with E-state index in [1.54, 1.807) is 6.07 Å². The fraction of sp³-hybridized carbons (Fsp3) is 0.364. The summed E-state index contributed by atoms with van der Waals surface area (Å²) in [5.41, 5.74) is 7.39. The first-order valence-electron chi connectivity index (χ1n) is 5.49. The second-order valence-electron chi connectivity index (χ2n) is 4.35. The third kappa shape index (κ3) is 1.76. The number of aliphatic carboxylic acids is 1. The van der Waals surface area contributed by atoms with Crippen LogP contribution in [-0.2, 0) is 4.79 Å². The van der Waals surface area contributed by atoms with Crippen molar-refractivity contribution in [1.29, 1.82) is 0 Å². The number of nitrogens with one attached hydrogen (secondary N) is 1. The van der Waals surface area contributed by atoms with Crippen LogP contribution >= 0.6 is 0 Å². The molecule has 0 bridgehead atoms. The van der Waals surface area contributed by atoms with Gasteiger partial charge in [-0.1, -0.05) is 0 Å². The molecule has 88 valence electrons. The summed E-state index contributed by atoms with van der Waals surface area (Å²) in [4.78, 5) is 22.4. The maximum atomic E-state index is 10.8. The summed E-state index contributed by atoms with van der Waals surface area (Å²) < 4.78 is 0. The highest BCUT2D eigenvalue weighted by Crippen LogP contribution is 2.38. The lowest BCUT2D eigenvalue weighted by molar-refractivity contribution is -0.138. The van der Waals surface area contributed by atoms with Gasteiger partial charge in [-0.05, 0) is 18.9 Å². The van der Waals surface area contributed by atoms with Gasteiger partial charge in [-0.15, -0.1) is 0 Å². The van der Waals surface area contributed by atoms with E-state index in [0.29, 0.717) is 17.1 Å². The molecule has 2 heterocycles. The number of aromatic nitrogens is 3. The minimum atomic E-state index is -1.06. The van der Waals surface area contributed by atoms with Crippen LogP contribution in [0.15, 0.2) is 12.3 Å². The number of fused-ring (bicyclic) bond motifs is 1. The zero-order valence-electron chi connectivity index (χ0n) is 9.05. The van der Waals surface area contributed by atoms with Gasteiger partial charge in [0.1, 0.15) is 11.9 Å². The van der Waals surface area contributed by atoms with Crippen molar-refractivity contribution >= 4 is 17.1 Å². The molecule has 0 aromatic carbocycles. The van der Waals surface area contributed by atoms with Crippen molar-refractivity contribution in [3.63, 3.8) is 0 Å². The third-order valence-electron chi connectivity index (χ3n) is 2.97. The van der Waals surface area contributed by atoms with Crippen molar-refractivity contribution in [1.82, 2.24) is 15.0 Å². The summed E-state index contributed by atoms with van der Waals surface area (Å²) >= 11 is 0. The van der Waals surface area contributed by atoms with E-state index < -0.39 is 12.0 Å². The molecule has 4 N–H and O–H groups in total. The zero-order valence-corrected chi connectivity index (χ0v) is 9.05. The molecule has 0 aliphatic heterocycles. The average molecular weight is 232 g/mol. The van der Waals surface area contributed by atoms with Gasteiger partial charge in [-0.25, -0.2) is 9.97 Å². The van der Waals surface area contributed by atoms with Crippen molar-refractivity contribution < 1.29 is 9.90 Å². The van der Waals surface area contributed by atoms with Gasteiger partial charge in [0.25, 0.3) is 0 Å². The maximum absolute atomic E-state index is 10.8. The standard InChI is InChI=1S/C11H12N4O2/c12-8(11(16)17)6-3-7-10(13-4-6)15-9(14-7)5-1-2-5/h3-5,8H,1-2,12H2,(H,16,17)(H,13,14,15). The number of H-pyrrole nitrogens is 1. The molecule has 6 heteroatoms. The smallest absolute Gasteiger partial charge is 0.325 e. The molecule has 1 aliphatic carbocycles. The number of imidazole rings is 1. The van der Waals surface area contributed by atoms with Crippen molar-refractivity contribution in [2.75, 3.05) is 0 Å². The van der Waals surface area contributed by atoms with Gasteiger partial charge in [0.05, 0.1) is 5.52 Å². The number of hydrogen-bond acceptors (Lipinski definition) is 4. The van der Waals surface area contributed by atoms with E-state index in [2.05, 4.69) is 15.0 Å². The number of rotatable bonds is 3. The Labute approximate surface area is 96.9 Å². The van der Waals surface area contributed by atoms with Crippen LogP contribution in [0, 0.1) is 0 Å². The van der Waals surface area contributed by atoms with Crippen LogP contribution in [0.25, 0.3) is 11.2 Å². The van der Waals surface area contributed by atoms with E-state index in [9.17, 15) is 4.79 Å². The number of pyridine rings is 1. The van der Waals surface area contributed by atoms with E-state index in [1.807, 2.05) is 0 Å². The second-order valence-corrected chi connectivity index (χ2v) is 4.35. The molecule has 0 radical (unpaired) electrons. The maximum Gasteiger partial charge on any atom is 0.325 e. The van der Waals surface area contributed by atoms with E-state index in [1.165, 1.54) is 6.20 Å². The minimum absolute atomic E-state index is 0.482. The number of aromatic amines is 1. The number of nitrogens with two attached hydrogens (primary N) is 1. The minimum Gasteiger partial charge on any atom is -0.480 e. The van der Waals surface area contributed by atoms with Crippen LogP contribution in [0.2, 0.25) is 0 Å². The lowest BCUT2D eigenvalue weighted by Crippen LogP contribution is -2.20. The molecule has 3 rings (SSSR count). The Morgan fingerprint density at radius 1 is 1.59 bits per heavy atom. The molecule has 2 aromatic rings. The first-order valence-corrected chi connectivity index (χ1v) is 5.49. The van der Waals surface area contributed by atoms with Crippen LogP contribution in [0.1, 0.15) is 36.2 Å². The largest absolute Gasteiger partial charge is 0.480 e. The molecular weight excluding hydrogens is 220 g/mol. The SMILES string of the molecule is NC(C(=O)O)c1cnc2nc(C3CC3)[nH]c2c1. The lowest BCUT2D eigenvalue weighted by atomic mass is 10.1. The van der Waals surface area contributed by atoms with E-state index in [-0.39, 0.29) is 0 Å². The third-order valence-corrected chi connectivity index (χ3v) is 2.97. The monoisotopic (exact) mass is 232 g/mol. The number of hydrogen-bond donors (Lipinski definition) is 3. The highest BCUT2D eigenvalue weighted by molar-refractivity contribution is 5.78. The van der Waals surface area contributed by atoms with Gasteiger partial charge in [0.2, 0.25) is 0 Å². The number of nitrogens with zero attached hydrogens (tertiary/aromatic N) is 2. The predicted octanol–water partition coefficient (Wildman–Crippen LogP) is 0.920. The Kier molecular flexibility index (Phi) is 2.12. The molecule has 1 aliphatic rings. The van der Waals surface area contributed by atoms with E-state index in [0.717, 1.165) is 24.2 Å². The molecule has 2 aromatic heterocycles. The van der Waals surface area contributed by atoms with Crippen LogP contribution in [0.4, 0.5) is 0 Å². The van der Waals surface area contributed by atoms with Gasteiger partial charge >= 0.3 is 5.97 Å². The molecule has 0 amide bonds. The van der Waals surface area contributed by atoms with Crippen LogP contribution < -0.4 is 5.73 Å². The highest BCUT2D eigenvalue weighted by atomic mass is 16.4. The molecule has 17 heavy (non-hydrogen) atoms. The quantitative estimate of drug-likeness (QED) is 0.729. The Hall–Kier alpha value is -1.95. The summed E-state index contributed by atoms with van der Waals surface area (Å²) in [7, 11) is 0. The lowest BCUT2D eigenvalue weighted by Gasteiger charge is -2.04. The molecule has 0 saturated heterocycles. The van der Waals surface area contributed by atoms with Gasteiger partial charge < -0.3 is 15.8 Å². The first-order chi connectivity index (χ1) is 8.15. The fourth-order valence-electron chi connectivity index (χ4n) is 1.80. The topological polar surface area (TPSA) is 105 Å². The first kappa shape index (κ1) is 10.2. The number of carbonyl (C=O) groups is 1. The Bertz CT molecular complexity index is 588. The molecule has 1 saturated carbocycles. The van der Waals surface area contributed by atoms with Gasteiger partial charge in [0.15, 0.2) is 5.65 Å². The highest BCUT2D eigenvalue weighted by Gasteiger charge is 2.27. The van der Waals surface area contributed by atoms with Gasteiger partial charge in [-0.2, -0.15) is 0 Å². The van der Waals surface area contributed by atoms with Crippen molar-refractivity contribution in [2.24, 2.45) is 5.73 Å². The van der Waals surface area contributed by atoms with Crippen molar-refractivity contribution in [2.45, 2.75) is 24.8 Å². The van der Waals surface area contributed by atoms with Crippen LogP contribution in [0.5, 0.6) is 0 Å². The van der Waals surface area contributed by atoms with E-state index >= 15 is 0 Å². The normalized spacial score (nSPS) is 17.2. The molecule has 6 nitrogen and oxygen atoms in total. The van der Waals surface area contributed by atoms with Crippen molar-refractivity contribution in [3.05, 3.63) is 23.7 Å². The van der Waals surface area contributed by atoms with Gasteiger partial charge in [0, 0.05) is 17.7 Å². The predicted molar refractivity (Wildman–Crippen MR) is 60.4 cm³/mol. The summed E-state index contributed by atoms with van der Waals surface area (Å²) in [6, 6.07) is 0.666. The Morgan fingerprint density at radius 2 is 2.35 bits per heavy atom. The second kappa shape index (κ2) is 3.53. The number of carboxylic acids is 1. The molecule has 0 spiro atoms. The van der Waals surface area contributed by atoms with E-state index in [4.69, 9.17) is 10.8 Å².